The topological polar surface area (TPSA) is 81.5 Å². The standard InChI is InChI=1S/C20H18N4O3/c1-13-19(14-6-5-7-16(10-14)26-2)23-24-18(25)11-15(22-20(13)24)12-27-17-8-3-4-9-21-17/h3-11,23H,12H2,1-2H3. The zero-order valence-corrected chi connectivity index (χ0v) is 15.0. The van der Waals surface area contributed by atoms with Crippen molar-refractivity contribution < 1.29 is 9.47 Å². The highest BCUT2D eigenvalue weighted by atomic mass is 16.5. The summed E-state index contributed by atoms with van der Waals surface area (Å²) in [5.41, 5.74) is 3.53. The van der Waals surface area contributed by atoms with Gasteiger partial charge in [0.15, 0.2) is 5.65 Å². The number of pyridine rings is 1. The van der Waals surface area contributed by atoms with Crippen LogP contribution < -0.4 is 15.0 Å². The minimum atomic E-state index is -0.197. The van der Waals surface area contributed by atoms with E-state index in [1.807, 2.05) is 43.3 Å². The highest BCUT2D eigenvalue weighted by Gasteiger charge is 2.14. The fourth-order valence-electron chi connectivity index (χ4n) is 2.91. The number of nitrogens with zero attached hydrogens (tertiary/aromatic N) is 3. The Labute approximate surface area is 155 Å². The summed E-state index contributed by atoms with van der Waals surface area (Å²) in [6.07, 6.45) is 1.65. The maximum Gasteiger partial charge on any atom is 0.273 e. The molecule has 0 spiro atoms. The van der Waals surface area contributed by atoms with Gasteiger partial charge in [-0.2, -0.15) is 0 Å². The second-order valence-corrected chi connectivity index (χ2v) is 6.05. The molecule has 0 bridgehead atoms. The summed E-state index contributed by atoms with van der Waals surface area (Å²) in [4.78, 5) is 21.2. The number of ether oxygens (including phenoxy) is 2. The number of aromatic nitrogens is 4. The minimum absolute atomic E-state index is 0.169. The molecule has 7 nitrogen and oxygen atoms in total. The van der Waals surface area contributed by atoms with Gasteiger partial charge in [0.05, 0.1) is 18.5 Å². The molecule has 0 aliphatic carbocycles. The van der Waals surface area contributed by atoms with Gasteiger partial charge in [-0.05, 0) is 25.1 Å². The Morgan fingerprint density at radius 3 is 2.81 bits per heavy atom. The van der Waals surface area contributed by atoms with Gasteiger partial charge in [0.1, 0.15) is 12.4 Å². The van der Waals surface area contributed by atoms with Crippen LogP contribution in [-0.4, -0.2) is 26.7 Å². The molecule has 1 N–H and O–H groups in total. The normalized spacial score (nSPS) is 10.9. The van der Waals surface area contributed by atoms with E-state index in [9.17, 15) is 4.79 Å². The first kappa shape index (κ1) is 16.8. The molecule has 7 heteroatoms. The number of aromatic amines is 1. The van der Waals surface area contributed by atoms with Crippen molar-refractivity contribution in [3.8, 4) is 22.9 Å². The monoisotopic (exact) mass is 362 g/mol. The van der Waals surface area contributed by atoms with Crippen molar-refractivity contribution in [3.63, 3.8) is 0 Å². The van der Waals surface area contributed by atoms with Crippen LogP contribution >= 0.6 is 0 Å². The lowest BCUT2D eigenvalue weighted by Crippen LogP contribution is -2.16. The van der Waals surface area contributed by atoms with E-state index in [1.54, 1.807) is 19.4 Å². The van der Waals surface area contributed by atoms with Crippen molar-refractivity contribution in [1.29, 1.82) is 0 Å². The maximum atomic E-state index is 12.5. The molecule has 0 saturated carbocycles. The molecule has 0 amide bonds. The van der Waals surface area contributed by atoms with Gasteiger partial charge in [0.25, 0.3) is 5.56 Å². The lowest BCUT2D eigenvalue weighted by molar-refractivity contribution is 0.289. The number of nitrogens with one attached hydrogen (secondary N) is 1. The second-order valence-electron chi connectivity index (χ2n) is 6.05. The number of hydrogen-bond donors (Lipinski definition) is 1. The zero-order chi connectivity index (χ0) is 18.8. The highest BCUT2D eigenvalue weighted by molar-refractivity contribution is 5.71. The van der Waals surface area contributed by atoms with Gasteiger partial charge in [0, 0.05) is 29.5 Å². The average molecular weight is 362 g/mol. The predicted octanol–water partition coefficient (Wildman–Crippen LogP) is 2.98. The Hall–Kier alpha value is -3.61. The van der Waals surface area contributed by atoms with E-state index in [-0.39, 0.29) is 12.2 Å². The van der Waals surface area contributed by atoms with Crippen LogP contribution in [0, 0.1) is 6.92 Å². The Morgan fingerprint density at radius 1 is 1.15 bits per heavy atom. The average Bonchev–Trinajstić information content (AvgIpc) is 3.04. The first-order chi connectivity index (χ1) is 13.2. The quantitative estimate of drug-likeness (QED) is 0.590. The molecule has 0 radical (unpaired) electrons. The minimum Gasteiger partial charge on any atom is -0.497 e. The van der Waals surface area contributed by atoms with Gasteiger partial charge >= 0.3 is 0 Å². The summed E-state index contributed by atoms with van der Waals surface area (Å²) in [5.74, 6) is 1.23. The van der Waals surface area contributed by atoms with Gasteiger partial charge in [0.2, 0.25) is 5.88 Å². The third kappa shape index (κ3) is 3.27. The van der Waals surface area contributed by atoms with Crippen LogP contribution in [0.15, 0.2) is 59.5 Å². The van der Waals surface area contributed by atoms with Crippen molar-refractivity contribution in [2.24, 2.45) is 0 Å². The van der Waals surface area contributed by atoms with Gasteiger partial charge in [-0.1, -0.05) is 18.2 Å². The molecular weight excluding hydrogens is 344 g/mol. The maximum absolute atomic E-state index is 12.5. The third-order valence-electron chi connectivity index (χ3n) is 4.27. The zero-order valence-electron chi connectivity index (χ0n) is 15.0. The van der Waals surface area contributed by atoms with Crippen molar-refractivity contribution in [2.45, 2.75) is 13.5 Å². The largest absolute Gasteiger partial charge is 0.497 e. The summed E-state index contributed by atoms with van der Waals surface area (Å²) in [7, 11) is 1.62. The number of aryl methyl sites for hydroxylation is 1. The molecule has 0 saturated heterocycles. The summed E-state index contributed by atoms with van der Waals surface area (Å²) in [5, 5.41) is 3.13. The van der Waals surface area contributed by atoms with Crippen LogP contribution in [0.3, 0.4) is 0 Å². The van der Waals surface area contributed by atoms with E-state index in [2.05, 4.69) is 15.1 Å². The predicted molar refractivity (Wildman–Crippen MR) is 101 cm³/mol. The smallest absolute Gasteiger partial charge is 0.273 e. The second kappa shape index (κ2) is 6.95. The number of hydrogen-bond acceptors (Lipinski definition) is 5. The van der Waals surface area contributed by atoms with E-state index in [0.717, 1.165) is 22.6 Å². The van der Waals surface area contributed by atoms with E-state index >= 15 is 0 Å². The summed E-state index contributed by atoms with van der Waals surface area (Å²) < 4.78 is 12.3. The lowest BCUT2D eigenvalue weighted by Gasteiger charge is -2.04. The van der Waals surface area contributed by atoms with Gasteiger partial charge in [-0.3, -0.25) is 9.89 Å². The number of benzene rings is 1. The van der Waals surface area contributed by atoms with E-state index < -0.39 is 0 Å². The Bertz CT molecular complexity index is 1150. The number of fused-ring (bicyclic) bond motifs is 1. The molecule has 0 unspecified atom stereocenters. The molecule has 4 aromatic rings. The molecule has 4 rings (SSSR count). The van der Waals surface area contributed by atoms with Gasteiger partial charge < -0.3 is 9.47 Å². The first-order valence-corrected chi connectivity index (χ1v) is 8.45. The van der Waals surface area contributed by atoms with Crippen LogP contribution in [0.4, 0.5) is 0 Å². The molecule has 136 valence electrons. The Morgan fingerprint density at radius 2 is 2.04 bits per heavy atom. The molecule has 0 atom stereocenters. The summed E-state index contributed by atoms with van der Waals surface area (Å²) >= 11 is 0. The van der Waals surface area contributed by atoms with Gasteiger partial charge in [-0.15, -0.1) is 0 Å². The van der Waals surface area contributed by atoms with Crippen LogP contribution in [-0.2, 0) is 6.61 Å². The molecule has 3 aromatic heterocycles. The molecule has 0 fully saturated rings. The van der Waals surface area contributed by atoms with Crippen LogP contribution in [0.25, 0.3) is 16.9 Å². The van der Waals surface area contributed by atoms with Gasteiger partial charge in [-0.25, -0.2) is 14.5 Å². The van der Waals surface area contributed by atoms with Crippen LogP contribution in [0.5, 0.6) is 11.6 Å². The fraction of sp³-hybridized carbons (Fsp3) is 0.150. The molecular formula is C20H18N4O3. The molecule has 3 heterocycles. The molecule has 1 aromatic carbocycles. The molecule has 27 heavy (non-hydrogen) atoms. The Kier molecular flexibility index (Phi) is 4.33. The van der Waals surface area contributed by atoms with E-state index in [4.69, 9.17) is 9.47 Å². The van der Waals surface area contributed by atoms with Crippen molar-refractivity contribution >= 4 is 5.65 Å². The number of methoxy groups -OCH3 is 1. The molecule has 0 aliphatic rings. The number of H-pyrrole nitrogens is 1. The highest BCUT2D eigenvalue weighted by Crippen LogP contribution is 2.27. The summed E-state index contributed by atoms with van der Waals surface area (Å²) in [6, 6.07) is 14.5. The summed E-state index contributed by atoms with van der Waals surface area (Å²) in [6.45, 7) is 2.10. The van der Waals surface area contributed by atoms with E-state index in [0.29, 0.717) is 17.2 Å². The van der Waals surface area contributed by atoms with Crippen molar-refractivity contribution in [1.82, 2.24) is 19.6 Å². The first-order valence-electron chi connectivity index (χ1n) is 8.45. The lowest BCUT2D eigenvalue weighted by atomic mass is 10.1. The number of rotatable bonds is 5. The Balaban J connectivity index is 1.72. The van der Waals surface area contributed by atoms with Crippen molar-refractivity contribution in [3.05, 3.63) is 76.3 Å². The van der Waals surface area contributed by atoms with Crippen LogP contribution in [0.2, 0.25) is 0 Å². The van der Waals surface area contributed by atoms with Crippen molar-refractivity contribution in [2.75, 3.05) is 7.11 Å². The SMILES string of the molecule is COc1cccc(-c2[nH]n3c(=O)cc(COc4ccccn4)nc3c2C)c1. The fourth-order valence-corrected chi connectivity index (χ4v) is 2.91. The van der Waals surface area contributed by atoms with Crippen LogP contribution in [0.1, 0.15) is 11.3 Å². The third-order valence-corrected chi connectivity index (χ3v) is 4.27. The molecule has 0 aliphatic heterocycles. The van der Waals surface area contributed by atoms with E-state index in [1.165, 1.54) is 10.6 Å².